The molecule has 1 N–H and O–H groups in total. The van der Waals surface area contributed by atoms with Crippen LogP contribution in [-0.4, -0.2) is 48.9 Å². The number of hydrogen-bond donors (Lipinski definition) is 1. The highest BCUT2D eigenvalue weighted by atomic mass is 16.5. The van der Waals surface area contributed by atoms with E-state index in [4.69, 9.17) is 4.74 Å². The number of likely N-dealkylation sites (N-methyl/N-ethyl adjacent to an activating group) is 1. The Morgan fingerprint density at radius 2 is 1.84 bits per heavy atom. The summed E-state index contributed by atoms with van der Waals surface area (Å²) in [7, 11) is 1.57. The summed E-state index contributed by atoms with van der Waals surface area (Å²) in [6.07, 6.45) is 0.188. The van der Waals surface area contributed by atoms with Gasteiger partial charge in [-0.1, -0.05) is 38.1 Å². The van der Waals surface area contributed by atoms with Crippen LogP contribution in [0.15, 0.2) is 48.5 Å². The maximum atomic E-state index is 13.1. The first-order valence-corrected chi connectivity index (χ1v) is 10.4. The van der Waals surface area contributed by atoms with Crippen molar-refractivity contribution in [3.05, 3.63) is 54.1 Å². The van der Waals surface area contributed by atoms with Crippen LogP contribution in [0.1, 0.15) is 38.7 Å². The first-order valence-electron chi connectivity index (χ1n) is 10.4. The van der Waals surface area contributed by atoms with E-state index in [1.54, 1.807) is 30.1 Å². The fourth-order valence-corrected chi connectivity index (χ4v) is 3.54. The van der Waals surface area contributed by atoms with E-state index in [2.05, 4.69) is 19.2 Å². The second kappa shape index (κ2) is 9.64. The number of carbonyl (C=O) groups excluding carboxylic acids is 3. The molecule has 0 unspecified atom stereocenters. The minimum atomic E-state index is -0.324. The molecular formula is C24H29N3O4. The van der Waals surface area contributed by atoms with Crippen LogP contribution in [0.2, 0.25) is 0 Å². The van der Waals surface area contributed by atoms with Crippen molar-refractivity contribution >= 4 is 29.1 Å². The normalized spacial score (nSPS) is 15.7. The van der Waals surface area contributed by atoms with E-state index in [0.717, 1.165) is 0 Å². The number of nitrogens with one attached hydrogen (secondary N) is 1. The quantitative estimate of drug-likeness (QED) is 0.772. The number of nitrogens with zero attached hydrogens (tertiary/aromatic N) is 2. The number of para-hydroxylation sites is 2. The van der Waals surface area contributed by atoms with Crippen molar-refractivity contribution in [3.8, 4) is 5.75 Å². The summed E-state index contributed by atoms with van der Waals surface area (Å²) in [5.74, 6) is 0.332. The molecule has 3 amide bonds. The molecule has 31 heavy (non-hydrogen) atoms. The fourth-order valence-electron chi connectivity index (χ4n) is 3.54. The van der Waals surface area contributed by atoms with Gasteiger partial charge in [-0.3, -0.25) is 14.4 Å². The van der Waals surface area contributed by atoms with Crippen LogP contribution < -0.4 is 15.0 Å². The van der Waals surface area contributed by atoms with Gasteiger partial charge in [0.25, 0.3) is 5.91 Å². The maximum Gasteiger partial charge on any atom is 0.260 e. The average molecular weight is 424 g/mol. The Labute approximate surface area is 183 Å². The third-order valence-corrected chi connectivity index (χ3v) is 5.34. The number of amides is 3. The predicted molar refractivity (Wildman–Crippen MR) is 120 cm³/mol. The first kappa shape index (κ1) is 22.3. The Morgan fingerprint density at radius 1 is 1.16 bits per heavy atom. The van der Waals surface area contributed by atoms with Gasteiger partial charge in [0.05, 0.1) is 17.9 Å². The summed E-state index contributed by atoms with van der Waals surface area (Å²) in [6.45, 7) is 5.78. The monoisotopic (exact) mass is 423 g/mol. The van der Waals surface area contributed by atoms with Crippen molar-refractivity contribution in [1.29, 1.82) is 0 Å². The Bertz CT molecular complexity index is 956. The molecule has 0 radical (unpaired) electrons. The molecule has 1 heterocycles. The van der Waals surface area contributed by atoms with Crippen molar-refractivity contribution in [2.45, 2.75) is 39.2 Å². The maximum absolute atomic E-state index is 13.1. The SMILES string of the molecule is CC(C)c1ccc(OCC(=O)N(C)CC(=O)N2c3ccccc3NC(=O)C[C@H]2C)cc1. The molecule has 2 aromatic rings. The van der Waals surface area contributed by atoms with Crippen LogP contribution in [0.25, 0.3) is 0 Å². The summed E-state index contributed by atoms with van der Waals surface area (Å²) < 4.78 is 5.59. The Morgan fingerprint density at radius 3 is 2.52 bits per heavy atom. The van der Waals surface area contributed by atoms with Crippen molar-refractivity contribution in [1.82, 2.24) is 4.90 Å². The topological polar surface area (TPSA) is 79.0 Å². The highest BCUT2D eigenvalue weighted by Gasteiger charge is 2.30. The lowest BCUT2D eigenvalue weighted by Crippen LogP contribution is -2.46. The molecule has 1 aliphatic rings. The second-order valence-electron chi connectivity index (χ2n) is 8.14. The van der Waals surface area contributed by atoms with Gasteiger partial charge in [0.2, 0.25) is 11.8 Å². The Kier molecular flexibility index (Phi) is 6.95. The number of benzene rings is 2. The van der Waals surface area contributed by atoms with Gasteiger partial charge in [-0.15, -0.1) is 0 Å². The van der Waals surface area contributed by atoms with Gasteiger partial charge in [0, 0.05) is 19.5 Å². The minimum Gasteiger partial charge on any atom is -0.484 e. The van der Waals surface area contributed by atoms with Crippen molar-refractivity contribution in [2.24, 2.45) is 0 Å². The standard InChI is InChI=1S/C24H29N3O4/c1-16(2)18-9-11-19(12-10-18)31-15-24(30)26(4)14-23(29)27-17(3)13-22(28)25-20-7-5-6-8-21(20)27/h5-12,16-17H,13-15H2,1-4H3,(H,25,28)/t17-/m1/s1. The average Bonchev–Trinajstić information content (AvgIpc) is 2.86. The van der Waals surface area contributed by atoms with E-state index in [9.17, 15) is 14.4 Å². The molecule has 2 aromatic carbocycles. The molecule has 0 bridgehead atoms. The molecule has 0 aliphatic carbocycles. The van der Waals surface area contributed by atoms with Gasteiger partial charge in [0.1, 0.15) is 5.75 Å². The fraction of sp³-hybridized carbons (Fsp3) is 0.375. The van der Waals surface area contributed by atoms with E-state index in [1.165, 1.54) is 10.5 Å². The molecule has 7 heteroatoms. The third-order valence-electron chi connectivity index (χ3n) is 5.34. The lowest BCUT2D eigenvalue weighted by Gasteiger charge is -2.29. The zero-order valence-corrected chi connectivity index (χ0v) is 18.4. The van der Waals surface area contributed by atoms with Crippen molar-refractivity contribution in [2.75, 3.05) is 30.4 Å². The molecule has 1 atom stereocenters. The molecule has 0 fully saturated rings. The van der Waals surface area contributed by atoms with Crippen molar-refractivity contribution < 1.29 is 19.1 Å². The number of rotatable bonds is 6. The van der Waals surface area contributed by atoms with Gasteiger partial charge in [-0.25, -0.2) is 0 Å². The van der Waals surface area contributed by atoms with Gasteiger partial charge >= 0.3 is 0 Å². The van der Waals surface area contributed by atoms with E-state index in [1.807, 2.05) is 37.3 Å². The predicted octanol–water partition coefficient (Wildman–Crippen LogP) is 3.41. The second-order valence-corrected chi connectivity index (χ2v) is 8.14. The van der Waals surface area contributed by atoms with E-state index < -0.39 is 0 Å². The van der Waals surface area contributed by atoms with E-state index in [0.29, 0.717) is 23.0 Å². The number of hydrogen-bond acceptors (Lipinski definition) is 4. The van der Waals surface area contributed by atoms with Gasteiger partial charge in [-0.05, 0) is 42.7 Å². The Hall–Kier alpha value is -3.35. The summed E-state index contributed by atoms with van der Waals surface area (Å²) >= 11 is 0. The van der Waals surface area contributed by atoms with Crippen LogP contribution in [0.5, 0.6) is 5.75 Å². The molecule has 0 spiro atoms. The van der Waals surface area contributed by atoms with Crippen LogP contribution in [-0.2, 0) is 14.4 Å². The number of anilines is 2. The summed E-state index contributed by atoms with van der Waals surface area (Å²) in [4.78, 5) is 40.6. The molecule has 0 saturated carbocycles. The van der Waals surface area contributed by atoms with E-state index in [-0.39, 0.29) is 43.3 Å². The van der Waals surface area contributed by atoms with Crippen molar-refractivity contribution in [3.63, 3.8) is 0 Å². The summed E-state index contributed by atoms with van der Waals surface area (Å²) in [5, 5.41) is 2.83. The lowest BCUT2D eigenvalue weighted by molar-refractivity contribution is -0.135. The molecule has 3 rings (SSSR count). The van der Waals surface area contributed by atoms with Gasteiger partial charge in [-0.2, -0.15) is 0 Å². The highest BCUT2D eigenvalue weighted by Crippen LogP contribution is 2.31. The number of ether oxygens (including phenoxy) is 1. The third kappa shape index (κ3) is 5.42. The smallest absolute Gasteiger partial charge is 0.260 e. The van der Waals surface area contributed by atoms with Gasteiger partial charge < -0.3 is 19.9 Å². The van der Waals surface area contributed by atoms with Gasteiger partial charge in [0.15, 0.2) is 6.61 Å². The molecule has 0 aromatic heterocycles. The zero-order chi connectivity index (χ0) is 22.5. The molecule has 164 valence electrons. The minimum absolute atomic E-state index is 0.110. The Balaban J connectivity index is 1.62. The molecule has 7 nitrogen and oxygen atoms in total. The van der Waals surface area contributed by atoms with E-state index >= 15 is 0 Å². The zero-order valence-electron chi connectivity index (χ0n) is 18.4. The molecule has 0 saturated heterocycles. The van der Waals surface area contributed by atoms with Crippen LogP contribution in [0.4, 0.5) is 11.4 Å². The van der Waals surface area contributed by atoms with Crippen LogP contribution in [0, 0.1) is 0 Å². The largest absolute Gasteiger partial charge is 0.484 e. The van der Waals surface area contributed by atoms with Crippen LogP contribution in [0.3, 0.4) is 0 Å². The summed E-state index contributed by atoms with van der Waals surface area (Å²) in [5.41, 5.74) is 2.42. The molecular weight excluding hydrogens is 394 g/mol. The molecule has 1 aliphatic heterocycles. The highest BCUT2D eigenvalue weighted by molar-refractivity contribution is 6.05. The lowest BCUT2D eigenvalue weighted by atomic mass is 10.0. The first-order chi connectivity index (χ1) is 14.8. The number of fused-ring (bicyclic) bond motifs is 1. The van der Waals surface area contributed by atoms with Crippen LogP contribution >= 0.6 is 0 Å². The number of carbonyl (C=O) groups is 3. The summed E-state index contributed by atoms with van der Waals surface area (Å²) in [6, 6.07) is 14.5.